The molecule has 1 amide bonds. The number of benzene rings is 2. The van der Waals surface area contributed by atoms with E-state index in [1.165, 1.54) is 0 Å². The first-order chi connectivity index (χ1) is 8.75. The monoisotopic (exact) mass is 253 g/mol. The van der Waals surface area contributed by atoms with Crippen LogP contribution in [0.3, 0.4) is 0 Å². The molecule has 1 N–H and O–H groups in total. The summed E-state index contributed by atoms with van der Waals surface area (Å²) in [4.78, 5) is 23.2. The van der Waals surface area contributed by atoms with Crippen molar-refractivity contribution in [1.29, 1.82) is 0 Å². The second-order valence-corrected chi connectivity index (χ2v) is 5.33. The first-order valence-electron chi connectivity index (χ1n) is 5.55. The molecule has 0 radical (unpaired) electrons. The minimum absolute atomic E-state index is 0.442. The summed E-state index contributed by atoms with van der Waals surface area (Å²) in [5.41, 5.74) is 1.15. The Morgan fingerprint density at radius 1 is 0.944 bits per heavy atom. The van der Waals surface area contributed by atoms with Crippen molar-refractivity contribution in [2.24, 2.45) is 0 Å². The van der Waals surface area contributed by atoms with Gasteiger partial charge in [-0.3, -0.25) is 9.59 Å². The second kappa shape index (κ2) is 3.17. The van der Waals surface area contributed by atoms with Crippen LogP contribution in [-0.2, 0) is 4.79 Å². The quantitative estimate of drug-likeness (QED) is 0.625. The van der Waals surface area contributed by atoms with Crippen molar-refractivity contribution in [3.05, 3.63) is 42.0 Å². The summed E-state index contributed by atoms with van der Waals surface area (Å²) in [6.07, 6.45) is 0. The molecule has 0 saturated heterocycles. The van der Waals surface area contributed by atoms with E-state index in [4.69, 9.17) is 0 Å². The fraction of sp³-hybridized carbons (Fsp3) is 0. The highest BCUT2D eigenvalue weighted by Crippen LogP contribution is 2.41. The number of hydrogen-bond acceptors (Lipinski definition) is 3. The second-order valence-electron chi connectivity index (χ2n) is 4.24. The number of fused-ring (bicyclic) bond motifs is 5. The van der Waals surface area contributed by atoms with Crippen molar-refractivity contribution in [2.45, 2.75) is 0 Å². The number of rotatable bonds is 0. The normalized spacial score (nSPS) is 14.2. The third kappa shape index (κ3) is 1.08. The molecule has 2 aromatic carbocycles. The van der Waals surface area contributed by atoms with Crippen molar-refractivity contribution in [2.75, 3.05) is 5.32 Å². The van der Waals surface area contributed by atoms with Crippen molar-refractivity contribution in [3.63, 3.8) is 0 Å². The molecule has 1 aliphatic heterocycles. The summed E-state index contributed by atoms with van der Waals surface area (Å²) >= 11 is 1.67. The first-order valence-corrected chi connectivity index (χ1v) is 6.37. The highest BCUT2D eigenvalue weighted by molar-refractivity contribution is 7.26. The van der Waals surface area contributed by atoms with Crippen LogP contribution in [0.2, 0.25) is 0 Å². The largest absolute Gasteiger partial charge is 0.318 e. The Morgan fingerprint density at radius 3 is 2.67 bits per heavy atom. The highest BCUT2D eigenvalue weighted by atomic mass is 32.1. The Morgan fingerprint density at radius 2 is 1.78 bits per heavy atom. The Labute approximate surface area is 106 Å². The number of hydrogen-bond donors (Lipinski definition) is 1. The van der Waals surface area contributed by atoms with Gasteiger partial charge >= 0.3 is 0 Å². The van der Waals surface area contributed by atoms with Crippen LogP contribution in [0.15, 0.2) is 36.4 Å². The third-order valence-corrected chi connectivity index (χ3v) is 4.37. The van der Waals surface area contributed by atoms with Crippen molar-refractivity contribution >= 4 is 48.9 Å². The average Bonchev–Trinajstić information content (AvgIpc) is 2.88. The summed E-state index contributed by atoms with van der Waals surface area (Å²) in [5.74, 6) is -0.977. The van der Waals surface area contributed by atoms with Gasteiger partial charge in [-0.25, -0.2) is 0 Å². The predicted octanol–water partition coefficient (Wildman–Crippen LogP) is 3.19. The SMILES string of the molecule is O=C1Nc2c(ccc3sc4ccccc4c23)C1=O. The lowest BCUT2D eigenvalue weighted by Crippen LogP contribution is -2.12. The molecule has 4 heteroatoms. The lowest BCUT2D eigenvalue weighted by Gasteiger charge is -1.99. The van der Waals surface area contributed by atoms with Gasteiger partial charge in [0.15, 0.2) is 0 Å². The minimum Gasteiger partial charge on any atom is -0.318 e. The Balaban J connectivity index is 2.24. The van der Waals surface area contributed by atoms with Gasteiger partial charge in [0.1, 0.15) is 0 Å². The number of anilines is 1. The lowest BCUT2D eigenvalue weighted by molar-refractivity contribution is -0.112. The van der Waals surface area contributed by atoms with E-state index < -0.39 is 11.7 Å². The molecule has 0 bridgehead atoms. The molecule has 2 heterocycles. The maximum absolute atomic E-state index is 11.7. The van der Waals surface area contributed by atoms with E-state index in [1.807, 2.05) is 30.3 Å². The molecule has 4 rings (SSSR count). The maximum Gasteiger partial charge on any atom is 0.296 e. The van der Waals surface area contributed by atoms with Gasteiger partial charge in [0.25, 0.3) is 11.7 Å². The van der Waals surface area contributed by atoms with E-state index >= 15 is 0 Å². The number of carbonyl (C=O) groups excluding carboxylic acids is 2. The summed E-state index contributed by atoms with van der Waals surface area (Å²) < 4.78 is 2.25. The van der Waals surface area contributed by atoms with Gasteiger partial charge in [-0.1, -0.05) is 18.2 Å². The zero-order valence-corrected chi connectivity index (χ0v) is 10.0. The zero-order chi connectivity index (χ0) is 12.3. The predicted molar refractivity (Wildman–Crippen MR) is 72.3 cm³/mol. The molecule has 3 aromatic rings. The standard InChI is InChI=1S/C14H7NO2S/c16-13-8-5-6-10-11(12(8)15-14(13)17)7-3-1-2-4-9(7)18-10/h1-6H,(H,15,16,17). The molecule has 86 valence electrons. The van der Waals surface area contributed by atoms with Gasteiger partial charge in [0, 0.05) is 20.2 Å². The summed E-state index contributed by atoms with van der Waals surface area (Å²) in [6, 6.07) is 11.7. The lowest BCUT2D eigenvalue weighted by atomic mass is 10.1. The van der Waals surface area contributed by atoms with E-state index in [2.05, 4.69) is 5.32 Å². The first kappa shape index (κ1) is 9.79. The summed E-state index contributed by atoms with van der Waals surface area (Å²) in [5, 5.41) is 4.75. The van der Waals surface area contributed by atoms with Crippen LogP contribution < -0.4 is 5.32 Å². The molecule has 1 aromatic heterocycles. The molecular weight excluding hydrogens is 246 g/mol. The van der Waals surface area contributed by atoms with Crippen LogP contribution in [0.1, 0.15) is 10.4 Å². The Bertz CT molecular complexity index is 847. The Kier molecular flexibility index (Phi) is 1.73. The van der Waals surface area contributed by atoms with Crippen molar-refractivity contribution in [3.8, 4) is 0 Å². The number of carbonyl (C=O) groups is 2. The highest BCUT2D eigenvalue weighted by Gasteiger charge is 2.30. The molecule has 1 aliphatic rings. The fourth-order valence-corrected chi connectivity index (χ4v) is 3.54. The molecule has 3 nitrogen and oxygen atoms in total. The number of ketones is 1. The van der Waals surface area contributed by atoms with E-state index in [1.54, 1.807) is 17.4 Å². The van der Waals surface area contributed by atoms with Crippen LogP contribution in [-0.4, -0.2) is 11.7 Å². The van der Waals surface area contributed by atoms with Gasteiger partial charge in [0.2, 0.25) is 0 Å². The van der Waals surface area contributed by atoms with E-state index in [9.17, 15) is 9.59 Å². The number of thiophene rings is 1. The van der Waals surface area contributed by atoms with Crippen LogP contribution in [0, 0.1) is 0 Å². The molecule has 0 aliphatic carbocycles. The molecule has 0 fully saturated rings. The number of Topliss-reactive ketones (excluding diaryl/α,β-unsaturated/α-hetero) is 1. The van der Waals surface area contributed by atoms with Gasteiger partial charge in [-0.05, 0) is 18.2 Å². The van der Waals surface area contributed by atoms with Crippen molar-refractivity contribution < 1.29 is 9.59 Å². The Hall–Kier alpha value is -2.20. The van der Waals surface area contributed by atoms with Crippen LogP contribution in [0.5, 0.6) is 0 Å². The van der Waals surface area contributed by atoms with Gasteiger partial charge in [-0.15, -0.1) is 11.3 Å². The zero-order valence-electron chi connectivity index (χ0n) is 9.19. The maximum atomic E-state index is 11.7. The molecule has 18 heavy (non-hydrogen) atoms. The number of amides is 1. The van der Waals surface area contributed by atoms with Gasteiger partial charge in [-0.2, -0.15) is 0 Å². The van der Waals surface area contributed by atoms with Crippen LogP contribution >= 0.6 is 11.3 Å². The van der Waals surface area contributed by atoms with Crippen LogP contribution in [0.4, 0.5) is 5.69 Å². The van der Waals surface area contributed by atoms with Gasteiger partial charge < -0.3 is 5.32 Å². The molecule has 0 saturated carbocycles. The van der Waals surface area contributed by atoms with E-state index in [0.29, 0.717) is 11.3 Å². The number of nitrogens with one attached hydrogen (secondary N) is 1. The molecule has 0 unspecified atom stereocenters. The molecular formula is C14H7NO2S. The minimum atomic E-state index is -0.534. The van der Waals surface area contributed by atoms with Crippen molar-refractivity contribution in [1.82, 2.24) is 0 Å². The third-order valence-electron chi connectivity index (χ3n) is 3.23. The average molecular weight is 253 g/mol. The van der Waals surface area contributed by atoms with Gasteiger partial charge in [0.05, 0.1) is 11.3 Å². The smallest absolute Gasteiger partial charge is 0.296 e. The molecule has 0 atom stereocenters. The van der Waals surface area contributed by atoms with E-state index in [0.717, 1.165) is 20.2 Å². The summed E-state index contributed by atoms with van der Waals surface area (Å²) in [6.45, 7) is 0. The fourth-order valence-electron chi connectivity index (χ4n) is 2.43. The topological polar surface area (TPSA) is 46.2 Å². The summed E-state index contributed by atoms with van der Waals surface area (Å²) in [7, 11) is 0. The molecule has 0 spiro atoms. The van der Waals surface area contributed by atoms with E-state index in [-0.39, 0.29) is 0 Å². The van der Waals surface area contributed by atoms with Crippen LogP contribution in [0.25, 0.3) is 20.2 Å².